The zero-order valence-corrected chi connectivity index (χ0v) is 13.8. The number of hydrogen-bond acceptors (Lipinski definition) is 1. The predicted molar refractivity (Wildman–Crippen MR) is 95.4 cm³/mol. The highest BCUT2D eigenvalue weighted by Crippen LogP contribution is 2.27. The van der Waals surface area contributed by atoms with Crippen molar-refractivity contribution in [2.75, 3.05) is 0 Å². The van der Waals surface area contributed by atoms with Gasteiger partial charge >= 0.3 is 5.97 Å². The predicted octanol–water partition coefficient (Wildman–Crippen LogP) is 5.06. The van der Waals surface area contributed by atoms with Crippen molar-refractivity contribution in [2.24, 2.45) is 0 Å². The van der Waals surface area contributed by atoms with Gasteiger partial charge in [0.05, 0.1) is 0 Å². The number of aliphatic carboxylic acids is 1. The number of carboxylic acids is 1. The van der Waals surface area contributed by atoms with E-state index in [1.54, 1.807) is 6.08 Å². The van der Waals surface area contributed by atoms with Gasteiger partial charge in [-0.05, 0) is 27.7 Å². The van der Waals surface area contributed by atoms with E-state index >= 15 is 0 Å². The van der Waals surface area contributed by atoms with Gasteiger partial charge in [0.15, 0.2) is 0 Å². The quantitative estimate of drug-likeness (QED) is 0.633. The maximum Gasteiger partial charge on any atom is 0.328 e. The van der Waals surface area contributed by atoms with Gasteiger partial charge in [0.25, 0.3) is 0 Å². The molecule has 2 nitrogen and oxygen atoms in total. The Morgan fingerprint density at radius 3 is 2.00 bits per heavy atom. The summed E-state index contributed by atoms with van der Waals surface area (Å²) in [4.78, 5) is 10.7. The van der Waals surface area contributed by atoms with E-state index in [1.807, 2.05) is 36.4 Å². The molecule has 0 aliphatic carbocycles. The first-order chi connectivity index (χ1) is 10.9. The maximum absolute atomic E-state index is 10.7. The molecule has 0 aromatic heterocycles. The summed E-state index contributed by atoms with van der Waals surface area (Å²) in [7, 11) is 0. The number of benzene rings is 2. The van der Waals surface area contributed by atoms with Crippen LogP contribution in [0.15, 0.2) is 72.8 Å². The molecule has 2 heteroatoms. The minimum Gasteiger partial charge on any atom is -0.478 e. The normalized spacial score (nSPS) is 12.6. The van der Waals surface area contributed by atoms with Crippen molar-refractivity contribution < 1.29 is 9.90 Å². The van der Waals surface area contributed by atoms with Crippen LogP contribution in [0.2, 0.25) is 0 Å². The van der Waals surface area contributed by atoms with Crippen LogP contribution >= 0.6 is 0 Å². The molecule has 2 aromatic rings. The number of hydrogen-bond donors (Lipinski definition) is 1. The van der Waals surface area contributed by atoms with E-state index in [0.29, 0.717) is 0 Å². The molecule has 0 radical (unpaired) electrons. The molecule has 118 valence electrons. The van der Waals surface area contributed by atoms with Crippen molar-refractivity contribution in [1.82, 2.24) is 0 Å². The van der Waals surface area contributed by atoms with Crippen LogP contribution in [0.5, 0.6) is 0 Å². The van der Waals surface area contributed by atoms with Crippen molar-refractivity contribution in [2.45, 2.75) is 26.2 Å². The fourth-order valence-electron chi connectivity index (χ4n) is 2.35. The minimum absolute atomic E-state index is 0.109. The Labute approximate surface area is 137 Å². The number of rotatable bonds is 4. The summed E-state index contributed by atoms with van der Waals surface area (Å²) in [5, 5.41) is 8.78. The number of carbonyl (C=O) groups is 1. The summed E-state index contributed by atoms with van der Waals surface area (Å²) < 4.78 is 0. The summed E-state index contributed by atoms with van der Waals surface area (Å²) in [6, 6.07) is 18.4. The first-order valence-electron chi connectivity index (χ1n) is 7.65. The Bertz CT molecular complexity index is 715. The summed E-state index contributed by atoms with van der Waals surface area (Å²) in [6.45, 7) is 6.56. The van der Waals surface area contributed by atoms with Gasteiger partial charge in [0.2, 0.25) is 0 Å². The second-order valence-corrected chi connectivity index (χ2v) is 6.47. The molecule has 0 amide bonds. The fourth-order valence-corrected chi connectivity index (χ4v) is 2.35. The molecule has 0 atom stereocenters. The lowest BCUT2D eigenvalue weighted by atomic mass is 9.85. The lowest BCUT2D eigenvalue weighted by molar-refractivity contribution is -0.131. The summed E-state index contributed by atoms with van der Waals surface area (Å²) in [6.07, 6.45) is 4.56. The molecule has 0 aliphatic rings. The van der Waals surface area contributed by atoms with Crippen LogP contribution in [0, 0.1) is 0 Å². The largest absolute Gasteiger partial charge is 0.478 e. The average molecular weight is 306 g/mol. The summed E-state index contributed by atoms with van der Waals surface area (Å²) in [5.74, 6) is -0.947. The molecule has 0 heterocycles. The molecule has 0 aliphatic heterocycles. The van der Waals surface area contributed by atoms with Crippen LogP contribution in [-0.2, 0) is 10.2 Å². The third-order valence-electron chi connectivity index (χ3n) is 3.65. The summed E-state index contributed by atoms with van der Waals surface area (Å²) >= 11 is 0. The zero-order valence-electron chi connectivity index (χ0n) is 13.8. The molecule has 0 fully saturated rings. The topological polar surface area (TPSA) is 37.3 Å². The van der Waals surface area contributed by atoms with E-state index < -0.39 is 5.97 Å². The molecule has 0 unspecified atom stereocenters. The van der Waals surface area contributed by atoms with E-state index in [1.165, 1.54) is 5.56 Å². The fraction of sp³-hybridized carbons (Fsp3) is 0.190. The van der Waals surface area contributed by atoms with Crippen LogP contribution in [0.4, 0.5) is 0 Å². The lowest BCUT2D eigenvalue weighted by Crippen LogP contribution is -2.10. The third-order valence-corrected chi connectivity index (χ3v) is 3.65. The molecule has 23 heavy (non-hydrogen) atoms. The molecule has 2 rings (SSSR count). The highest BCUT2D eigenvalue weighted by atomic mass is 16.4. The van der Waals surface area contributed by atoms with E-state index in [0.717, 1.165) is 22.8 Å². The van der Waals surface area contributed by atoms with Gasteiger partial charge in [-0.3, -0.25) is 0 Å². The standard InChI is InChI=1S/C21H22O2/c1-21(2,3)18-14-12-17(13-15-18)19(10-7-11-20(22)23)16-8-5-4-6-9-16/h4-15H,1-3H3,(H,22,23). The monoisotopic (exact) mass is 306 g/mol. The summed E-state index contributed by atoms with van der Waals surface area (Å²) in [5.41, 5.74) is 4.52. The van der Waals surface area contributed by atoms with Gasteiger partial charge in [-0.25, -0.2) is 4.79 Å². The first kappa shape index (κ1) is 16.8. The van der Waals surface area contributed by atoms with Crippen LogP contribution in [0.25, 0.3) is 5.57 Å². The maximum atomic E-state index is 10.7. The Balaban J connectivity index is 2.44. The Kier molecular flexibility index (Phi) is 5.17. The van der Waals surface area contributed by atoms with Crippen molar-refractivity contribution in [1.29, 1.82) is 0 Å². The van der Waals surface area contributed by atoms with Crippen LogP contribution in [0.1, 0.15) is 37.5 Å². The van der Waals surface area contributed by atoms with Gasteiger partial charge in [-0.2, -0.15) is 0 Å². The SMILES string of the molecule is CC(C)(C)c1ccc(C(=CC=CC(=O)O)c2ccccc2)cc1. The smallest absolute Gasteiger partial charge is 0.328 e. The van der Waals surface area contributed by atoms with Crippen LogP contribution in [0.3, 0.4) is 0 Å². The van der Waals surface area contributed by atoms with Gasteiger partial charge in [0.1, 0.15) is 0 Å². The van der Waals surface area contributed by atoms with E-state index in [-0.39, 0.29) is 5.41 Å². The van der Waals surface area contributed by atoms with Gasteiger partial charge in [-0.1, -0.05) is 87.5 Å². The van der Waals surface area contributed by atoms with Crippen molar-refractivity contribution >= 4 is 11.5 Å². The van der Waals surface area contributed by atoms with Crippen LogP contribution in [-0.4, -0.2) is 11.1 Å². The molecular formula is C21H22O2. The van der Waals surface area contributed by atoms with Crippen LogP contribution < -0.4 is 0 Å². The average Bonchev–Trinajstić information content (AvgIpc) is 2.51. The third kappa shape index (κ3) is 4.68. The molecule has 1 N–H and O–H groups in total. The first-order valence-corrected chi connectivity index (χ1v) is 7.65. The van der Waals surface area contributed by atoms with Gasteiger partial charge < -0.3 is 5.11 Å². The van der Waals surface area contributed by atoms with E-state index in [4.69, 9.17) is 5.11 Å². The molecule has 2 aromatic carbocycles. The van der Waals surface area contributed by atoms with Gasteiger partial charge in [0, 0.05) is 6.08 Å². The molecule has 0 saturated carbocycles. The second kappa shape index (κ2) is 7.10. The Morgan fingerprint density at radius 1 is 0.913 bits per heavy atom. The lowest BCUT2D eigenvalue weighted by Gasteiger charge is -2.19. The van der Waals surface area contributed by atoms with E-state index in [9.17, 15) is 4.79 Å². The van der Waals surface area contributed by atoms with Crippen molar-refractivity contribution in [3.05, 3.63) is 89.5 Å². The number of allylic oxidation sites excluding steroid dienone is 2. The Hall–Kier alpha value is -2.61. The zero-order chi connectivity index (χ0) is 16.9. The minimum atomic E-state index is -0.947. The molecule has 0 spiro atoms. The van der Waals surface area contributed by atoms with Crippen molar-refractivity contribution in [3.8, 4) is 0 Å². The van der Waals surface area contributed by atoms with Crippen molar-refractivity contribution in [3.63, 3.8) is 0 Å². The number of carboxylic acid groups (broad SMARTS) is 1. The Morgan fingerprint density at radius 2 is 1.48 bits per heavy atom. The highest BCUT2D eigenvalue weighted by molar-refractivity contribution is 5.84. The highest BCUT2D eigenvalue weighted by Gasteiger charge is 2.13. The molecule has 0 saturated heterocycles. The molecular weight excluding hydrogens is 284 g/mol. The second-order valence-electron chi connectivity index (χ2n) is 6.47. The molecule has 0 bridgehead atoms. The van der Waals surface area contributed by atoms with Gasteiger partial charge in [-0.15, -0.1) is 0 Å². The van der Waals surface area contributed by atoms with E-state index in [2.05, 4.69) is 45.0 Å².